The average Bonchev–Trinajstić information content (AvgIpc) is 2.45. The minimum absolute atomic E-state index is 0.648. The molecule has 2 heteroatoms. The SMILES string of the molecule is C=C(/C=C\C(=C/C)C(C)(C)F)c1ccc(OC)cc1CC. The Hall–Kier alpha value is -1.83. The fourth-order valence-corrected chi connectivity index (χ4v) is 2.22. The van der Waals surface area contributed by atoms with Crippen molar-refractivity contribution in [3.8, 4) is 5.75 Å². The van der Waals surface area contributed by atoms with Gasteiger partial charge in [-0.1, -0.05) is 37.8 Å². The summed E-state index contributed by atoms with van der Waals surface area (Å²) in [5.74, 6) is 0.839. The summed E-state index contributed by atoms with van der Waals surface area (Å²) >= 11 is 0. The molecule has 0 spiro atoms. The molecule has 0 aliphatic carbocycles. The first-order valence-electron chi connectivity index (χ1n) is 7.23. The second-order valence-corrected chi connectivity index (χ2v) is 5.45. The maximum atomic E-state index is 14.0. The van der Waals surface area contributed by atoms with Crippen LogP contribution in [0, 0.1) is 0 Å². The Balaban J connectivity index is 3.05. The molecule has 0 aromatic heterocycles. The van der Waals surface area contributed by atoms with E-state index >= 15 is 0 Å². The van der Waals surface area contributed by atoms with E-state index in [-0.39, 0.29) is 0 Å². The van der Waals surface area contributed by atoms with E-state index < -0.39 is 5.67 Å². The molecule has 114 valence electrons. The van der Waals surface area contributed by atoms with Gasteiger partial charge < -0.3 is 4.74 Å². The van der Waals surface area contributed by atoms with E-state index in [1.807, 2.05) is 31.2 Å². The zero-order chi connectivity index (χ0) is 16.0. The van der Waals surface area contributed by atoms with Crippen LogP contribution in [0.5, 0.6) is 5.75 Å². The Morgan fingerprint density at radius 2 is 2.00 bits per heavy atom. The van der Waals surface area contributed by atoms with E-state index in [0.29, 0.717) is 5.57 Å². The highest BCUT2D eigenvalue weighted by atomic mass is 19.1. The minimum Gasteiger partial charge on any atom is -0.497 e. The first-order chi connectivity index (χ1) is 9.83. The Labute approximate surface area is 127 Å². The lowest BCUT2D eigenvalue weighted by Gasteiger charge is -2.16. The minimum atomic E-state index is -1.35. The Kier molecular flexibility index (Phi) is 5.95. The Morgan fingerprint density at radius 1 is 1.33 bits per heavy atom. The molecule has 0 bridgehead atoms. The van der Waals surface area contributed by atoms with Crippen LogP contribution in [0.4, 0.5) is 4.39 Å². The molecular formula is C19H25FO. The first-order valence-corrected chi connectivity index (χ1v) is 7.23. The number of aryl methyl sites for hydroxylation is 1. The number of benzene rings is 1. The van der Waals surface area contributed by atoms with Crippen LogP contribution in [-0.2, 0) is 6.42 Å². The van der Waals surface area contributed by atoms with Crippen LogP contribution in [0.2, 0.25) is 0 Å². The van der Waals surface area contributed by atoms with Gasteiger partial charge in [-0.2, -0.15) is 0 Å². The number of methoxy groups -OCH3 is 1. The van der Waals surface area contributed by atoms with Crippen LogP contribution in [0.3, 0.4) is 0 Å². The third-order valence-corrected chi connectivity index (χ3v) is 3.50. The van der Waals surface area contributed by atoms with Gasteiger partial charge >= 0.3 is 0 Å². The predicted molar refractivity (Wildman–Crippen MR) is 89.5 cm³/mol. The fraction of sp³-hybridized carbons (Fsp3) is 0.368. The highest BCUT2D eigenvalue weighted by Gasteiger charge is 2.18. The van der Waals surface area contributed by atoms with Gasteiger partial charge in [-0.3, -0.25) is 0 Å². The largest absolute Gasteiger partial charge is 0.497 e. The quantitative estimate of drug-likeness (QED) is 0.626. The van der Waals surface area contributed by atoms with Crippen LogP contribution in [0.25, 0.3) is 5.57 Å². The molecule has 0 N–H and O–H groups in total. The zero-order valence-electron chi connectivity index (χ0n) is 13.7. The van der Waals surface area contributed by atoms with Crippen LogP contribution >= 0.6 is 0 Å². The number of allylic oxidation sites excluding steroid dienone is 5. The van der Waals surface area contributed by atoms with Crippen molar-refractivity contribution in [3.63, 3.8) is 0 Å². The molecule has 1 aromatic carbocycles. The molecule has 0 aliphatic rings. The van der Waals surface area contributed by atoms with E-state index in [2.05, 4.69) is 13.5 Å². The highest BCUT2D eigenvalue weighted by Crippen LogP contribution is 2.27. The second-order valence-electron chi connectivity index (χ2n) is 5.45. The van der Waals surface area contributed by atoms with Gasteiger partial charge in [-0.15, -0.1) is 0 Å². The third kappa shape index (κ3) is 4.59. The van der Waals surface area contributed by atoms with Crippen molar-refractivity contribution in [1.29, 1.82) is 0 Å². The van der Waals surface area contributed by atoms with Crippen molar-refractivity contribution >= 4 is 5.57 Å². The summed E-state index contributed by atoms with van der Waals surface area (Å²) in [6.07, 6.45) is 6.35. The first kappa shape index (κ1) is 17.2. The lowest BCUT2D eigenvalue weighted by atomic mass is 9.95. The van der Waals surface area contributed by atoms with Gasteiger partial charge in [-0.25, -0.2) is 4.39 Å². The lowest BCUT2D eigenvalue weighted by Crippen LogP contribution is -2.13. The lowest BCUT2D eigenvalue weighted by molar-refractivity contribution is 0.274. The molecule has 1 aromatic rings. The molecular weight excluding hydrogens is 263 g/mol. The van der Waals surface area contributed by atoms with Crippen molar-refractivity contribution in [3.05, 3.63) is 59.7 Å². The van der Waals surface area contributed by atoms with E-state index in [1.54, 1.807) is 33.1 Å². The predicted octanol–water partition coefficient (Wildman–Crippen LogP) is 5.52. The molecule has 0 fully saturated rings. The van der Waals surface area contributed by atoms with Gasteiger partial charge in [0.2, 0.25) is 0 Å². The number of alkyl halides is 1. The number of hydrogen-bond donors (Lipinski definition) is 0. The maximum absolute atomic E-state index is 14.0. The summed E-state index contributed by atoms with van der Waals surface area (Å²) < 4.78 is 19.2. The van der Waals surface area contributed by atoms with Gasteiger partial charge in [0.1, 0.15) is 11.4 Å². The van der Waals surface area contributed by atoms with Crippen molar-refractivity contribution in [1.82, 2.24) is 0 Å². The van der Waals surface area contributed by atoms with Gasteiger partial charge in [-0.05, 0) is 61.6 Å². The molecule has 0 radical (unpaired) electrons. The highest BCUT2D eigenvalue weighted by molar-refractivity contribution is 5.75. The maximum Gasteiger partial charge on any atom is 0.130 e. The summed E-state index contributed by atoms with van der Waals surface area (Å²) in [6.45, 7) is 11.1. The van der Waals surface area contributed by atoms with Crippen LogP contribution in [-0.4, -0.2) is 12.8 Å². The van der Waals surface area contributed by atoms with E-state index in [1.165, 1.54) is 5.56 Å². The summed E-state index contributed by atoms with van der Waals surface area (Å²) in [5.41, 5.74) is 2.42. The van der Waals surface area contributed by atoms with Gasteiger partial charge in [0.25, 0.3) is 0 Å². The van der Waals surface area contributed by atoms with Crippen molar-refractivity contribution in [2.45, 2.75) is 39.8 Å². The zero-order valence-corrected chi connectivity index (χ0v) is 13.7. The number of hydrogen-bond acceptors (Lipinski definition) is 1. The van der Waals surface area contributed by atoms with Crippen molar-refractivity contribution in [2.24, 2.45) is 0 Å². The third-order valence-electron chi connectivity index (χ3n) is 3.50. The summed E-state index contributed by atoms with van der Waals surface area (Å²) in [4.78, 5) is 0. The monoisotopic (exact) mass is 288 g/mol. The molecule has 0 amide bonds. The Bertz CT molecular complexity index is 559. The number of ether oxygens (including phenoxy) is 1. The van der Waals surface area contributed by atoms with Crippen LogP contribution < -0.4 is 4.74 Å². The summed E-state index contributed by atoms with van der Waals surface area (Å²) in [7, 11) is 1.66. The van der Waals surface area contributed by atoms with E-state index in [4.69, 9.17) is 4.74 Å². The van der Waals surface area contributed by atoms with Crippen LogP contribution in [0.1, 0.15) is 38.8 Å². The normalized spacial score (nSPS) is 12.8. The standard InChI is InChI=1S/C19H25FO/c1-7-15-13-17(21-6)11-12-18(15)14(3)9-10-16(8-2)19(4,5)20/h8-13H,3,7H2,1-2,4-6H3/b10-9-,16-8+. The molecule has 0 atom stereocenters. The number of halogens is 1. The molecule has 1 rings (SSSR count). The second kappa shape index (κ2) is 7.26. The van der Waals surface area contributed by atoms with E-state index in [9.17, 15) is 4.39 Å². The molecule has 0 aliphatic heterocycles. The molecule has 0 saturated carbocycles. The van der Waals surface area contributed by atoms with Gasteiger partial charge in [0, 0.05) is 0 Å². The summed E-state index contributed by atoms with van der Waals surface area (Å²) in [6, 6.07) is 5.94. The summed E-state index contributed by atoms with van der Waals surface area (Å²) in [5, 5.41) is 0. The molecule has 1 nitrogen and oxygen atoms in total. The molecule has 0 saturated heterocycles. The average molecular weight is 288 g/mol. The topological polar surface area (TPSA) is 9.23 Å². The fourth-order valence-electron chi connectivity index (χ4n) is 2.22. The van der Waals surface area contributed by atoms with Crippen LogP contribution in [0.15, 0.2) is 48.6 Å². The molecule has 21 heavy (non-hydrogen) atoms. The Morgan fingerprint density at radius 3 is 2.48 bits per heavy atom. The van der Waals surface area contributed by atoms with E-state index in [0.717, 1.165) is 23.3 Å². The van der Waals surface area contributed by atoms with Crippen molar-refractivity contribution < 1.29 is 9.13 Å². The smallest absolute Gasteiger partial charge is 0.130 e. The van der Waals surface area contributed by atoms with Gasteiger partial charge in [0.15, 0.2) is 0 Å². The molecule has 0 unspecified atom stereocenters. The number of rotatable bonds is 6. The van der Waals surface area contributed by atoms with Crippen molar-refractivity contribution in [2.75, 3.05) is 7.11 Å². The molecule has 0 heterocycles. The van der Waals surface area contributed by atoms with Gasteiger partial charge in [0.05, 0.1) is 7.11 Å².